The maximum Gasteiger partial charge on any atom is 0.242 e. The molecule has 0 spiro atoms. The largest absolute Gasteiger partial charge is 0.358 e. The zero-order valence-electron chi connectivity index (χ0n) is 13.8. The summed E-state index contributed by atoms with van der Waals surface area (Å²) in [5.74, 6) is 1.30. The lowest BCUT2D eigenvalue weighted by atomic mass is 9.96. The Hall–Kier alpha value is -1.17. The summed E-state index contributed by atoms with van der Waals surface area (Å²) in [4.78, 5) is 21.0. The van der Waals surface area contributed by atoms with Gasteiger partial charge in [-0.3, -0.25) is 4.79 Å². The Morgan fingerprint density at radius 2 is 1.76 bits per heavy atom. The van der Waals surface area contributed by atoms with Crippen molar-refractivity contribution in [1.82, 2.24) is 15.3 Å². The molecule has 0 radical (unpaired) electrons. The SMILES string of the molecule is CC(Nc1cc(Br)nc(C(C)(C)C)n1)C(=O)NC(C)(C)C. The molecule has 0 bridgehead atoms. The van der Waals surface area contributed by atoms with Gasteiger partial charge in [0, 0.05) is 17.0 Å². The van der Waals surface area contributed by atoms with Crippen molar-refractivity contribution < 1.29 is 4.79 Å². The second-order valence-electron chi connectivity index (χ2n) is 7.25. The van der Waals surface area contributed by atoms with Crippen LogP contribution in [0.15, 0.2) is 10.7 Å². The molecule has 0 aromatic carbocycles. The number of anilines is 1. The van der Waals surface area contributed by atoms with Crippen molar-refractivity contribution in [2.45, 2.75) is 65.5 Å². The molecule has 21 heavy (non-hydrogen) atoms. The van der Waals surface area contributed by atoms with Gasteiger partial charge in [0.15, 0.2) is 0 Å². The summed E-state index contributed by atoms with van der Waals surface area (Å²) >= 11 is 3.39. The van der Waals surface area contributed by atoms with E-state index in [0.717, 1.165) is 5.82 Å². The van der Waals surface area contributed by atoms with Gasteiger partial charge in [0.05, 0.1) is 0 Å². The van der Waals surface area contributed by atoms with Crippen molar-refractivity contribution in [3.63, 3.8) is 0 Å². The van der Waals surface area contributed by atoms with Crippen molar-refractivity contribution in [3.05, 3.63) is 16.5 Å². The van der Waals surface area contributed by atoms with Crippen molar-refractivity contribution in [3.8, 4) is 0 Å². The number of carbonyl (C=O) groups excluding carboxylic acids is 1. The van der Waals surface area contributed by atoms with Crippen molar-refractivity contribution in [2.75, 3.05) is 5.32 Å². The minimum Gasteiger partial charge on any atom is -0.358 e. The molecule has 1 unspecified atom stereocenters. The molecule has 1 aromatic heterocycles. The number of nitrogens with one attached hydrogen (secondary N) is 2. The standard InChI is InChI=1S/C15H25BrN4O/c1-9(12(21)20-15(5,6)7)17-11-8-10(16)18-13(19-11)14(2,3)4/h8-9H,1-7H3,(H,20,21)(H,17,18,19). The molecule has 1 heterocycles. The highest BCUT2D eigenvalue weighted by Gasteiger charge is 2.22. The van der Waals surface area contributed by atoms with E-state index < -0.39 is 0 Å². The Bertz CT molecular complexity index is 517. The van der Waals surface area contributed by atoms with Gasteiger partial charge in [0.1, 0.15) is 22.3 Å². The number of aromatic nitrogens is 2. The van der Waals surface area contributed by atoms with Gasteiger partial charge in [-0.25, -0.2) is 9.97 Å². The van der Waals surface area contributed by atoms with Crippen molar-refractivity contribution in [2.24, 2.45) is 0 Å². The fourth-order valence-electron chi connectivity index (χ4n) is 1.59. The first-order valence-electron chi connectivity index (χ1n) is 7.02. The van der Waals surface area contributed by atoms with Crippen LogP contribution in [0.4, 0.5) is 5.82 Å². The minimum absolute atomic E-state index is 0.0606. The quantitative estimate of drug-likeness (QED) is 0.815. The summed E-state index contributed by atoms with van der Waals surface area (Å²) in [5, 5.41) is 6.07. The molecule has 0 fully saturated rings. The Morgan fingerprint density at radius 1 is 1.19 bits per heavy atom. The van der Waals surface area contributed by atoms with Gasteiger partial charge in [-0.15, -0.1) is 0 Å². The summed E-state index contributed by atoms with van der Waals surface area (Å²) in [5.41, 5.74) is -0.410. The third kappa shape index (κ3) is 5.99. The second-order valence-corrected chi connectivity index (χ2v) is 8.07. The molecule has 0 saturated carbocycles. The van der Waals surface area contributed by atoms with Crippen LogP contribution in [-0.2, 0) is 10.2 Å². The van der Waals surface area contributed by atoms with E-state index in [1.165, 1.54) is 0 Å². The van der Waals surface area contributed by atoms with Gasteiger partial charge >= 0.3 is 0 Å². The van der Waals surface area contributed by atoms with Crippen LogP contribution in [-0.4, -0.2) is 27.5 Å². The fourth-order valence-corrected chi connectivity index (χ4v) is 1.98. The molecule has 6 heteroatoms. The lowest BCUT2D eigenvalue weighted by Crippen LogP contribution is -2.47. The third-order valence-electron chi connectivity index (χ3n) is 2.62. The maximum atomic E-state index is 12.1. The molecule has 5 nitrogen and oxygen atoms in total. The van der Waals surface area contributed by atoms with Gasteiger partial charge in [0.2, 0.25) is 5.91 Å². The van der Waals surface area contributed by atoms with Crippen LogP contribution < -0.4 is 10.6 Å². The van der Waals surface area contributed by atoms with Crippen LogP contribution in [0.3, 0.4) is 0 Å². The highest BCUT2D eigenvalue weighted by molar-refractivity contribution is 9.10. The van der Waals surface area contributed by atoms with E-state index in [2.05, 4.69) is 36.5 Å². The molecular formula is C15H25BrN4O. The average Bonchev–Trinajstić information content (AvgIpc) is 2.24. The van der Waals surface area contributed by atoms with E-state index in [1.807, 2.05) is 48.5 Å². The summed E-state index contributed by atoms with van der Waals surface area (Å²) in [6, 6.07) is 1.40. The molecule has 1 amide bonds. The zero-order valence-corrected chi connectivity index (χ0v) is 15.4. The van der Waals surface area contributed by atoms with E-state index in [1.54, 1.807) is 6.07 Å². The van der Waals surface area contributed by atoms with Crippen molar-refractivity contribution >= 4 is 27.7 Å². The van der Waals surface area contributed by atoms with E-state index in [-0.39, 0.29) is 22.9 Å². The molecule has 2 N–H and O–H groups in total. The normalized spacial score (nSPS) is 13.7. The van der Waals surface area contributed by atoms with Gasteiger partial charge in [-0.05, 0) is 43.6 Å². The van der Waals surface area contributed by atoms with Gasteiger partial charge in [-0.2, -0.15) is 0 Å². The van der Waals surface area contributed by atoms with Gasteiger partial charge in [-0.1, -0.05) is 20.8 Å². The number of hydrogen-bond acceptors (Lipinski definition) is 4. The number of carbonyl (C=O) groups is 1. The number of rotatable bonds is 3. The van der Waals surface area contributed by atoms with Crippen LogP contribution in [0.25, 0.3) is 0 Å². The van der Waals surface area contributed by atoms with Gasteiger partial charge < -0.3 is 10.6 Å². The maximum absolute atomic E-state index is 12.1. The molecule has 1 atom stereocenters. The molecule has 0 aliphatic carbocycles. The molecule has 0 saturated heterocycles. The highest BCUT2D eigenvalue weighted by Crippen LogP contribution is 2.22. The molecule has 0 aliphatic heterocycles. The van der Waals surface area contributed by atoms with E-state index >= 15 is 0 Å². The van der Waals surface area contributed by atoms with Crippen LogP contribution in [0, 0.1) is 0 Å². The van der Waals surface area contributed by atoms with Crippen LogP contribution in [0.5, 0.6) is 0 Å². The number of hydrogen-bond donors (Lipinski definition) is 2. The third-order valence-corrected chi connectivity index (χ3v) is 3.03. The first-order chi connectivity index (χ1) is 9.38. The lowest BCUT2D eigenvalue weighted by Gasteiger charge is -2.24. The van der Waals surface area contributed by atoms with Crippen LogP contribution >= 0.6 is 15.9 Å². The van der Waals surface area contributed by atoms with Crippen molar-refractivity contribution in [1.29, 1.82) is 0 Å². The topological polar surface area (TPSA) is 66.9 Å². The number of amides is 1. The molecular weight excluding hydrogens is 332 g/mol. The summed E-state index contributed by atoms with van der Waals surface area (Å²) < 4.78 is 0.702. The van der Waals surface area contributed by atoms with E-state index in [4.69, 9.17) is 0 Å². The Labute approximate surface area is 135 Å². The number of halogens is 1. The second kappa shape index (κ2) is 6.30. The Morgan fingerprint density at radius 3 is 2.24 bits per heavy atom. The summed E-state index contributed by atoms with van der Waals surface area (Å²) in [7, 11) is 0. The molecule has 1 rings (SSSR count). The first-order valence-corrected chi connectivity index (χ1v) is 7.81. The monoisotopic (exact) mass is 356 g/mol. The predicted molar refractivity (Wildman–Crippen MR) is 89.4 cm³/mol. The minimum atomic E-state index is -0.376. The van der Waals surface area contributed by atoms with Crippen LogP contribution in [0.2, 0.25) is 0 Å². The zero-order chi connectivity index (χ0) is 16.4. The molecule has 118 valence electrons. The van der Waals surface area contributed by atoms with E-state index in [0.29, 0.717) is 10.4 Å². The highest BCUT2D eigenvalue weighted by atomic mass is 79.9. The smallest absolute Gasteiger partial charge is 0.242 e. The fraction of sp³-hybridized carbons (Fsp3) is 0.667. The summed E-state index contributed by atoms with van der Waals surface area (Å²) in [6.07, 6.45) is 0. The first kappa shape index (κ1) is 17.9. The lowest BCUT2D eigenvalue weighted by molar-refractivity contribution is -0.122. The average molecular weight is 357 g/mol. The summed E-state index contributed by atoms with van der Waals surface area (Å²) in [6.45, 7) is 13.8. The Kier molecular flexibility index (Phi) is 5.36. The molecule has 0 aliphatic rings. The predicted octanol–water partition coefficient (Wildman–Crippen LogP) is 3.25. The van der Waals surface area contributed by atoms with Gasteiger partial charge in [0.25, 0.3) is 0 Å². The van der Waals surface area contributed by atoms with E-state index in [9.17, 15) is 4.79 Å². The Balaban J connectivity index is 2.88. The molecule has 1 aromatic rings. The number of nitrogens with zero attached hydrogens (tertiary/aromatic N) is 2. The van der Waals surface area contributed by atoms with Crippen LogP contribution in [0.1, 0.15) is 54.3 Å².